The summed E-state index contributed by atoms with van der Waals surface area (Å²) < 4.78 is 7.56. The van der Waals surface area contributed by atoms with Gasteiger partial charge in [0.2, 0.25) is 0 Å². The highest BCUT2D eigenvalue weighted by atomic mass is 16.5. The molecule has 1 saturated heterocycles. The van der Waals surface area contributed by atoms with Crippen molar-refractivity contribution in [3.05, 3.63) is 54.4 Å². The van der Waals surface area contributed by atoms with Crippen molar-refractivity contribution in [2.24, 2.45) is 0 Å². The van der Waals surface area contributed by atoms with Gasteiger partial charge in [-0.05, 0) is 24.0 Å². The molecule has 0 saturated carbocycles. The minimum atomic E-state index is -0.0569. The Morgan fingerprint density at radius 3 is 2.47 bits per heavy atom. The fourth-order valence-corrected chi connectivity index (χ4v) is 3.73. The zero-order valence-electron chi connectivity index (χ0n) is 19.0. The molecule has 0 spiro atoms. The third-order valence-corrected chi connectivity index (χ3v) is 5.54. The van der Waals surface area contributed by atoms with Crippen LogP contribution in [-0.2, 0) is 10.2 Å². The quantitative estimate of drug-likeness (QED) is 0.608. The monoisotopic (exact) mass is 435 g/mol. The van der Waals surface area contributed by atoms with E-state index in [2.05, 4.69) is 58.7 Å². The summed E-state index contributed by atoms with van der Waals surface area (Å²) in [6.07, 6.45) is 4.59. The number of nitrogens with zero attached hydrogens (tertiary/aromatic N) is 7. The van der Waals surface area contributed by atoms with Crippen LogP contribution < -0.4 is 9.64 Å². The fraction of sp³-hybridized carbons (Fsp3) is 0.435. The number of hydrogen-bond donors (Lipinski definition) is 0. The van der Waals surface area contributed by atoms with E-state index in [0.717, 1.165) is 17.1 Å². The van der Waals surface area contributed by atoms with Crippen LogP contribution in [0, 0.1) is 6.92 Å². The number of benzene rings is 1. The van der Waals surface area contributed by atoms with Gasteiger partial charge in [-0.15, -0.1) is 0 Å². The number of piperazine rings is 1. The molecule has 9 heteroatoms. The van der Waals surface area contributed by atoms with Gasteiger partial charge in [0.15, 0.2) is 12.4 Å². The van der Waals surface area contributed by atoms with E-state index in [0.29, 0.717) is 32.0 Å². The minimum Gasteiger partial charge on any atom is -0.483 e. The highest BCUT2D eigenvalue weighted by Gasteiger charge is 2.24. The number of amides is 1. The van der Waals surface area contributed by atoms with Crippen molar-refractivity contribution in [1.29, 1.82) is 0 Å². The predicted molar refractivity (Wildman–Crippen MR) is 121 cm³/mol. The molecule has 0 radical (unpaired) electrons. The average Bonchev–Trinajstić information content (AvgIpc) is 3.33. The molecule has 0 bridgehead atoms. The summed E-state index contributed by atoms with van der Waals surface area (Å²) in [7, 11) is 0. The third kappa shape index (κ3) is 4.87. The Labute approximate surface area is 188 Å². The first-order valence-corrected chi connectivity index (χ1v) is 10.7. The van der Waals surface area contributed by atoms with Crippen molar-refractivity contribution in [2.75, 3.05) is 37.7 Å². The standard InChI is InChI=1S/C23H29N7O2/c1-17-5-6-19(18(11-17)23(2,3)4)32-13-22(31)29-9-7-28(8-10-29)20-12-21(26-15-25-20)30-16-24-14-27-30/h5-6,11-12,14-16H,7-10,13H2,1-4H3. The molecule has 0 atom stereocenters. The Morgan fingerprint density at radius 1 is 1.03 bits per heavy atom. The smallest absolute Gasteiger partial charge is 0.260 e. The van der Waals surface area contributed by atoms with Gasteiger partial charge in [0, 0.05) is 32.2 Å². The lowest BCUT2D eigenvalue weighted by atomic mass is 9.85. The lowest BCUT2D eigenvalue weighted by molar-refractivity contribution is -0.133. The molecule has 0 aliphatic carbocycles. The Kier molecular flexibility index (Phi) is 6.07. The average molecular weight is 436 g/mol. The topological polar surface area (TPSA) is 89.3 Å². The minimum absolute atomic E-state index is 0.00363. The normalized spacial score (nSPS) is 14.5. The predicted octanol–water partition coefficient (Wildman–Crippen LogP) is 2.39. The molecular formula is C23H29N7O2. The second kappa shape index (κ2) is 8.94. The maximum Gasteiger partial charge on any atom is 0.260 e. The van der Waals surface area contributed by atoms with Gasteiger partial charge in [-0.2, -0.15) is 5.10 Å². The maximum absolute atomic E-state index is 12.8. The van der Waals surface area contributed by atoms with E-state index in [1.165, 1.54) is 18.2 Å². The third-order valence-electron chi connectivity index (χ3n) is 5.54. The second-order valence-electron chi connectivity index (χ2n) is 8.98. The van der Waals surface area contributed by atoms with Crippen LogP contribution in [0.2, 0.25) is 0 Å². The van der Waals surface area contributed by atoms with Crippen molar-refractivity contribution in [1.82, 2.24) is 29.6 Å². The molecular weight excluding hydrogens is 406 g/mol. The molecule has 0 unspecified atom stereocenters. The molecule has 9 nitrogen and oxygen atoms in total. The molecule has 3 heterocycles. The number of carbonyl (C=O) groups is 1. The molecule has 32 heavy (non-hydrogen) atoms. The second-order valence-corrected chi connectivity index (χ2v) is 8.98. The highest BCUT2D eigenvalue weighted by Crippen LogP contribution is 2.32. The Bertz CT molecular complexity index is 1070. The van der Waals surface area contributed by atoms with E-state index in [9.17, 15) is 4.79 Å². The number of carbonyl (C=O) groups excluding carboxylic acids is 1. The first-order chi connectivity index (χ1) is 15.3. The van der Waals surface area contributed by atoms with Gasteiger partial charge in [0.05, 0.1) is 0 Å². The van der Waals surface area contributed by atoms with Crippen molar-refractivity contribution < 1.29 is 9.53 Å². The molecule has 3 aromatic rings. The molecule has 1 aromatic carbocycles. The van der Waals surface area contributed by atoms with Crippen molar-refractivity contribution in [3.8, 4) is 11.6 Å². The van der Waals surface area contributed by atoms with E-state index < -0.39 is 0 Å². The van der Waals surface area contributed by atoms with Crippen molar-refractivity contribution in [2.45, 2.75) is 33.1 Å². The van der Waals surface area contributed by atoms with Gasteiger partial charge in [-0.25, -0.2) is 19.6 Å². The van der Waals surface area contributed by atoms with Crippen molar-refractivity contribution >= 4 is 11.7 Å². The molecule has 1 aliphatic rings. The Balaban J connectivity index is 1.34. The van der Waals surface area contributed by atoms with Crippen LogP contribution >= 0.6 is 0 Å². The van der Waals surface area contributed by atoms with Crippen LogP contribution in [0.25, 0.3) is 5.82 Å². The SMILES string of the molecule is Cc1ccc(OCC(=O)N2CCN(c3cc(-n4cncn4)ncn3)CC2)c(C(C)(C)C)c1. The van der Waals surface area contributed by atoms with Crippen LogP contribution in [0.4, 0.5) is 5.82 Å². The number of aryl methyl sites for hydroxylation is 1. The lowest BCUT2D eigenvalue weighted by Gasteiger charge is -2.35. The van der Waals surface area contributed by atoms with Gasteiger partial charge in [-0.3, -0.25) is 4.79 Å². The number of anilines is 1. The van der Waals surface area contributed by atoms with Gasteiger partial charge in [0.25, 0.3) is 5.91 Å². The van der Waals surface area contributed by atoms with Gasteiger partial charge >= 0.3 is 0 Å². The van der Waals surface area contributed by atoms with E-state index in [4.69, 9.17) is 4.74 Å². The molecule has 1 fully saturated rings. The first kappa shape index (κ1) is 21.7. The largest absolute Gasteiger partial charge is 0.483 e. The zero-order chi connectivity index (χ0) is 22.7. The Hall–Kier alpha value is -3.49. The van der Waals surface area contributed by atoms with E-state index in [1.54, 1.807) is 11.0 Å². The zero-order valence-corrected chi connectivity index (χ0v) is 19.0. The van der Waals surface area contributed by atoms with E-state index in [1.807, 2.05) is 23.1 Å². The van der Waals surface area contributed by atoms with Crippen molar-refractivity contribution in [3.63, 3.8) is 0 Å². The maximum atomic E-state index is 12.8. The van der Waals surface area contributed by atoms with Gasteiger partial charge in [-0.1, -0.05) is 38.5 Å². The van der Waals surface area contributed by atoms with E-state index >= 15 is 0 Å². The summed E-state index contributed by atoms with van der Waals surface area (Å²) in [5.74, 6) is 2.24. The summed E-state index contributed by atoms with van der Waals surface area (Å²) in [5, 5.41) is 4.11. The van der Waals surface area contributed by atoms with Crippen LogP contribution in [0.5, 0.6) is 5.75 Å². The number of ether oxygens (including phenoxy) is 1. The summed E-state index contributed by atoms with van der Waals surface area (Å²) in [6.45, 7) is 11.2. The van der Waals surface area contributed by atoms with Crippen LogP contribution in [-0.4, -0.2) is 68.3 Å². The first-order valence-electron chi connectivity index (χ1n) is 10.7. The number of aromatic nitrogens is 5. The molecule has 0 N–H and O–H groups in total. The molecule has 2 aromatic heterocycles. The summed E-state index contributed by atoms with van der Waals surface area (Å²) in [6, 6.07) is 7.99. The number of rotatable bonds is 5. The van der Waals surface area contributed by atoms with Gasteiger partial charge in [0.1, 0.15) is 30.5 Å². The molecule has 4 rings (SSSR count). The molecule has 168 valence electrons. The van der Waals surface area contributed by atoms with Crippen LogP contribution in [0.15, 0.2) is 43.2 Å². The van der Waals surface area contributed by atoms with Crippen LogP contribution in [0.1, 0.15) is 31.9 Å². The van der Waals surface area contributed by atoms with E-state index in [-0.39, 0.29) is 17.9 Å². The van der Waals surface area contributed by atoms with Crippen LogP contribution in [0.3, 0.4) is 0 Å². The lowest BCUT2D eigenvalue weighted by Crippen LogP contribution is -2.50. The summed E-state index contributed by atoms with van der Waals surface area (Å²) in [5.41, 5.74) is 2.24. The van der Waals surface area contributed by atoms with Gasteiger partial charge < -0.3 is 14.5 Å². The molecule has 1 amide bonds. The number of hydrogen-bond acceptors (Lipinski definition) is 7. The molecule has 1 aliphatic heterocycles. The summed E-state index contributed by atoms with van der Waals surface area (Å²) >= 11 is 0. The fourth-order valence-electron chi connectivity index (χ4n) is 3.73. The Morgan fingerprint density at radius 2 is 1.78 bits per heavy atom. The summed E-state index contributed by atoms with van der Waals surface area (Å²) in [4.78, 5) is 29.4. The highest BCUT2D eigenvalue weighted by molar-refractivity contribution is 5.78.